The third-order valence-corrected chi connectivity index (χ3v) is 3.10. The van der Waals surface area contributed by atoms with E-state index in [1.54, 1.807) is 0 Å². The van der Waals surface area contributed by atoms with Crippen LogP contribution in [0.2, 0.25) is 0 Å². The number of aromatic nitrogens is 1. The molecule has 1 heterocycles. The van der Waals surface area contributed by atoms with Gasteiger partial charge in [0.1, 0.15) is 5.82 Å². The molecule has 0 fully saturated rings. The van der Waals surface area contributed by atoms with E-state index in [9.17, 15) is 19.1 Å². The molecule has 2 aromatic rings. The van der Waals surface area contributed by atoms with Crippen molar-refractivity contribution in [2.45, 2.75) is 19.1 Å². The van der Waals surface area contributed by atoms with Gasteiger partial charge in [-0.1, -0.05) is 6.07 Å². The van der Waals surface area contributed by atoms with Crippen LogP contribution < -0.4 is 5.43 Å². The second-order valence-corrected chi connectivity index (χ2v) is 4.65. The van der Waals surface area contributed by atoms with Crippen LogP contribution in [-0.2, 0) is 17.8 Å². The molecule has 0 radical (unpaired) electrons. The van der Waals surface area contributed by atoms with E-state index in [2.05, 4.69) is 0 Å². The molecule has 0 amide bonds. The van der Waals surface area contributed by atoms with E-state index in [1.807, 2.05) is 0 Å². The average molecular weight is 295 g/mol. The minimum atomic E-state index is -1.19. The van der Waals surface area contributed by atoms with Gasteiger partial charge >= 0.3 is 5.97 Å². The Labute approximate surface area is 118 Å². The highest BCUT2D eigenvalue weighted by molar-refractivity contribution is 5.81. The van der Waals surface area contributed by atoms with Gasteiger partial charge in [-0.3, -0.25) is 9.59 Å². The Balaban J connectivity index is 2.76. The number of para-hydroxylation sites is 1. The van der Waals surface area contributed by atoms with Crippen LogP contribution >= 0.6 is 0 Å². The lowest BCUT2D eigenvalue weighted by Gasteiger charge is -2.18. The van der Waals surface area contributed by atoms with Gasteiger partial charge in [0.25, 0.3) is 0 Å². The van der Waals surface area contributed by atoms with Gasteiger partial charge in [-0.05, 0) is 12.1 Å². The third-order valence-electron chi connectivity index (χ3n) is 3.10. The predicted octanol–water partition coefficient (Wildman–Crippen LogP) is 0.121. The van der Waals surface area contributed by atoms with E-state index < -0.39 is 36.3 Å². The first kappa shape index (κ1) is 15.1. The molecule has 2 rings (SSSR count). The number of carbonyl (C=O) groups is 1. The molecule has 21 heavy (non-hydrogen) atoms. The summed E-state index contributed by atoms with van der Waals surface area (Å²) in [6.45, 7) is -0.772. The second kappa shape index (κ2) is 6.02. The number of carboxylic acid groups (broad SMARTS) is 1. The van der Waals surface area contributed by atoms with Crippen molar-refractivity contribution >= 4 is 16.9 Å². The molecule has 0 saturated carbocycles. The van der Waals surface area contributed by atoms with Crippen LogP contribution in [0.15, 0.2) is 29.1 Å². The summed E-state index contributed by atoms with van der Waals surface area (Å²) in [7, 11) is 0. The molecule has 0 saturated heterocycles. The van der Waals surface area contributed by atoms with Gasteiger partial charge in [0.05, 0.1) is 31.2 Å². The fourth-order valence-corrected chi connectivity index (χ4v) is 2.22. The fourth-order valence-electron chi connectivity index (χ4n) is 2.22. The summed E-state index contributed by atoms with van der Waals surface area (Å²) in [5.74, 6) is -1.88. The van der Waals surface area contributed by atoms with Crippen LogP contribution in [0, 0.1) is 5.82 Å². The van der Waals surface area contributed by atoms with Gasteiger partial charge in [0.2, 0.25) is 0 Å². The summed E-state index contributed by atoms with van der Waals surface area (Å²) >= 11 is 0. The van der Waals surface area contributed by atoms with E-state index in [0.29, 0.717) is 0 Å². The number of aliphatic hydroxyl groups excluding tert-OH is 2. The number of rotatable bonds is 5. The highest BCUT2D eigenvalue weighted by atomic mass is 19.1. The number of benzene rings is 1. The number of pyridine rings is 1. The predicted molar refractivity (Wildman–Crippen MR) is 72.6 cm³/mol. The summed E-state index contributed by atoms with van der Waals surface area (Å²) in [4.78, 5) is 22.8. The highest BCUT2D eigenvalue weighted by Crippen LogP contribution is 2.18. The van der Waals surface area contributed by atoms with E-state index in [4.69, 9.17) is 10.2 Å². The zero-order chi connectivity index (χ0) is 15.6. The number of fused-ring (bicyclic) bond motifs is 1. The molecule has 1 atom stereocenters. The van der Waals surface area contributed by atoms with Crippen molar-refractivity contribution in [2.75, 3.05) is 6.61 Å². The van der Waals surface area contributed by atoms with E-state index in [0.717, 1.165) is 12.1 Å². The molecule has 3 N–H and O–H groups in total. The molecule has 112 valence electrons. The zero-order valence-corrected chi connectivity index (χ0v) is 11.0. The quantitative estimate of drug-likeness (QED) is 0.727. The highest BCUT2D eigenvalue weighted by Gasteiger charge is 2.16. The van der Waals surface area contributed by atoms with Gasteiger partial charge in [-0.15, -0.1) is 0 Å². The Bertz CT molecular complexity index is 740. The van der Waals surface area contributed by atoms with Crippen molar-refractivity contribution in [2.24, 2.45) is 0 Å². The van der Waals surface area contributed by atoms with Crippen LogP contribution in [0.3, 0.4) is 0 Å². The molecule has 0 aliphatic rings. The Morgan fingerprint density at radius 2 is 2.10 bits per heavy atom. The second-order valence-electron chi connectivity index (χ2n) is 4.65. The molecule has 0 bridgehead atoms. The summed E-state index contributed by atoms with van der Waals surface area (Å²) in [6.07, 6.45) is -1.68. The largest absolute Gasteiger partial charge is 0.481 e. The van der Waals surface area contributed by atoms with Gasteiger partial charge in [0.15, 0.2) is 5.43 Å². The van der Waals surface area contributed by atoms with Crippen LogP contribution in [0.4, 0.5) is 4.39 Å². The number of halogens is 1. The molecule has 6 nitrogen and oxygen atoms in total. The third kappa shape index (κ3) is 3.09. The zero-order valence-electron chi connectivity index (χ0n) is 11.0. The Morgan fingerprint density at radius 3 is 2.71 bits per heavy atom. The molecule has 0 aliphatic carbocycles. The van der Waals surface area contributed by atoms with Crippen LogP contribution in [-0.4, -0.2) is 38.6 Å². The lowest BCUT2D eigenvalue weighted by molar-refractivity contribution is -0.136. The molecule has 1 aromatic heterocycles. The maximum Gasteiger partial charge on any atom is 0.309 e. The lowest BCUT2D eigenvalue weighted by Crippen LogP contribution is -2.25. The smallest absolute Gasteiger partial charge is 0.309 e. The molecular formula is C14H14FNO5. The maximum atomic E-state index is 14.0. The lowest BCUT2D eigenvalue weighted by atomic mass is 10.1. The Kier molecular flexibility index (Phi) is 4.35. The minimum absolute atomic E-state index is 0.0672. The fraction of sp³-hybridized carbons (Fsp3) is 0.286. The van der Waals surface area contributed by atoms with Crippen molar-refractivity contribution in [1.82, 2.24) is 4.57 Å². The van der Waals surface area contributed by atoms with Crippen molar-refractivity contribution in [3.63, 3.8) is 0 Å². The monoisotopic (exact) mass is 295 g/mol. The van der Waals surface area contributed by atoms with Crippen LogP contribution in [0.5, 0.6) is 0 Å². The summed E-state index contributed by atoms with van der Waals surface area (Å²) in [5, 5.41) is 27.5. The van der Waals surface area contributed by atoms with Gasteiger partial charge in [0, 0.05) is 17.1 Å². The minimum Gasteiger partial charge on any atom is -0.481 e. The topological polar surface area (TPSA) is 99.8 Å². The molecule has 0 aliphatic heterocycles. The molecular weight excluding hydrogens is 281 g/mol. The number of aliphatic carboxylic acids is 1. The summed E-state index contributed by atoms with van der Waals surface area (Å²) < 4.78 is 15.3. The number of hydrogen-bond donors (Lipinski definition) is 3. The summed E-state index contributed by atoms with van der Waals surface area (Å²) in [6, 6.07) is 5.06. The normalized spacial score (nSPS) is 12.5. The first-order chi connectivity index (χ1) is 9.93. The molecule has 7 heteroatoms. The van der Waals surface area contributed by atoms with Crippen LogP contribution in [0.1, 0.15) is 5.69 Å². The SMILES string of the molecule is O=C(O)Cc1cc(=O)c2cccc(F)c2n1CC(O)CO. The number of aliphatic hydroxyl groups is 2. The van der Waals surface area contributed by atoms with E-state index in [1.165, 1.54) is 16.7 Å². The number of hydrogen-bond acceptors (Lipinski definition) is 4. The molecule has 0 spiro atoms. The van der Waals surface area contributed by atoms with E-state index >= 15 is 0 Å². The van der Waals surface area contributed by atoms with Gasteiger partial charge in [-0.2, -0.15) is 0 Å². The van der Waals surface area contributed by atoms with Gasteiger partial charge < -0.3 is 19.9 Å². The van der Waals surface area contributed by atoms with Crippen molar-refractivity contribution in [3.05, 3.63) is 46.0 Å². The van der Waals surface area contributed by atoms with E-state index in [-0.39, 0.29) is 23.1 Å². The van der Waals surface area contributed by atoms with Crippen molar-refractivity contribution in [3.8, 4) is 0 Å². The van der Waals surface area contributed by atoms with Crippen molar-refractivity contribution in [1.29, 1.82) is 0 Å². The average Bonchev–Trinajstić information content (AvgIpc) is 2.42. The number of carboxylic acids is 1. The Hall–Kier alpha value is -2.25. The van der Waals surface area contributed by atoms with Gasteiger partial charge in [-0.25, -0.2) is 4.39 Å². The van der Waals surface area contributed by atoms with Crippen molar-refractivity contribution < 1.29 is 24.5 Å². The number of nitrogens with zero attached hydrogens (tertiary/aromatic N) is 1. The first-order valence-electron chi connectivity index (χ1n) is 6.25. The summed E-state index contributed by atoms with van der Waals surface area (Å²) in [5.41, 5.74) is -0.498. The standard InChI is InChI=1S/C14H14FNO5/c15-11-3-1-2-10-12(19)4-8(5-13(20)21)16(14(10)11)6-9(18)7-17/h1-4,9,17-18H,5-7H2,(H,20,21). The molecule has 1 unspecified atom stereocenters. The first-order valence-corrected chi connectivity index (χ1v) is 6.25. The Morgan fingerprint density at radius 1 is 1.38 bits per heavy atom. The maximum absolute atomic E-state index is 14.0. The molecule has 1 aromatic carbocycles. The van der Waals surface area contributed by atoms with Crippen LogP contribution in [0.25, 0.3) is 10.9 Å².